The molecule has 1 unspecified atom stereocenters. The van der Waals surface area contributed by atoms with Crippen molar-refractivity contribution in [2.75, 3.05) is 7.05 Å². The molecule has 1 fully saturated rings. The summed E-state index contributed by atoms with van der Waals surface area (Å²) in [5, 5.41) is 6.80. The Morgan fingerprint density at radius 3 is 2.58 bits per heavy atom. The number of hydrogen-bond donors (Lipinski definition) is 2. The fourth-order valence-corrected chi connectivity index (χ4v) is 2.64. The van der Waals surface area contributed by atoms with E-state index in [2.05, 4.69) is 61.5 Å². The average molecular weight is 445 g/mol. The molecule has 1 aromatic rings. The van der Waals surface area contributed by atoms with Gasteiger partial charge in [0, 0.05) is 25.2 Å². The summed E-state index contributed by atoms with van der Waals surface area (Å²) in [6, 6.07) is 7.00. The second-order valence-corrected chi connectivity index (χ2v) is 7.01. The lowest BCUT2D eigenvalue weighted by atomic mass is 10.1. The van der Waals surface area contributed by atoms with Crippen LogP contribution in [0.25, 0.3) is 0 Å². The molecule has 1 aromatic carbocycles. The molecule has 0 bridgehead atoms. The third kappa shape index (κ3) is 7.28. The summed E-state index contributed by atoms with van der Waals surface area (Å²) < 4.78 is 6.20. The zero-order valence-electron chi connectivity index (χ0n) is 15.6. The number of nitrogens with zero attached hydrogens (tertiary/aromatic N) is 1. The monoisotopic (exact) mass is 445 g/mol. The molecular formula is C19H32IN3O. The van der Waals surface area contributed by atoms with E-state index >= 15 is 0 Å². The molecule has 2 rings (SSSR count). The summed E-state index contributed by atoms with van der Waals surface area (Å²) >= 11 is 0. The van der Waals surface area contributed by atoms with Gasteiger partial charge in [0.2, 0.25) is 0 Å². The van der Waals surface area contributed by atoms with Crippen molar-refractivity contribution in [2.24, 2.45) is 10.9 Å². The van der Waals surface area contributed by atoms with Gasteiger partial charge in [0.1, 0.15) is 5.75 Å². The predicted octanol–water partition coefficient (Wildman–Crippen LogP) is 4.25. The molecular weight excluding hydrogens is 413 g/mol. The molecule has 136 valence electrons. The molecule has 0 radical (unpaired) electrons. The van der Waals surface area contributed by atoms with Crippen LogP contribution in [0.3, 0.4) is 0 Å². The molecule has 0 aromatic heterocycles. The van der Waals surface area contributed by atoms with E-state index in [0.29, 0.717) is 12.0 Å². The van der Waals surface area contributed by atoms with Crippen LogP contribution >= 0.6 is 24.0 Å². The molecule has 0 saturated heterocycles. The molecule has 1 aliphatic carbocycles. The van der Waals surface area contributed by atoms with Crippen LogP contribution in [-0.2, 0) is 6.54 Å². The highest BCUT2D eigenvalue weighted by Gasteiger charge is 2.22. The maximum absolute atomic E-state index is 6.20. The third-order valence-electron chi connectivity index (χ3n) is 3.94. The minimum Gasteiger partial charge on any atom is -0.490 e. The summed E-state index contributed by atoms with van der Waals surface area (Å²) in [5.41, 5.74) is 2.39. The highest BCUT2D eigenvalue weighted by Crippen LogP contribution is 2.23. The van der Waals surface area contributed by atoms with E-state index in [9.17, 15) is 0 Å². The van der Waals surface area contributed by atoms with Crippen molar-refractivity contribution in [3.8, 4) is 5.75 Å². The summed E-state index contributed by atoms with van der Waals surface area (Å²) in [6.07, 6.45) is 3.77. The lowest BCUT2D eigenvalue weighted by molar-refractivity contribution is 0.191. The standard InChI is InChI=1S/C19H31N3O.HI/c1-13(2)10-15(4)23-18-11-14(3)6-7-16(18)12-21-19(20-5)22-17-8-9-17;/h6-7,11,13,15,17H,8-10,12H2,1-5H3,(H2,20,21,22);1H. The number of rotatable bonds is 7. The predicted molar refractivity (Wildman–Crippen MR) is 112 cm³/mol. The first-order valence-electron chi connectivity index (χ1n) is 8.71. The van der Waals surface area contributed by atoms with E-state index in [0.717, 1.165) is 24.7 Å². The van der Waals surface area contributed by atoms with Crippen LogP contribution in [0.15, 0.2) is 23.2 Å². The number of hydrogen-bond acceptors (Lipinski definition) is 2. The molecule has 4 nitrogen and oxygen atoms in total. The smallest absolute Gasteiger partial charge is 0.191 e. The second kappa shape index (κ2) is 10.1. The van der Waals surface area contributed by atoms with Crippen LogP contribution in [0.4, 0.5) is 0 Å². The summed E-state index contributed by atoms with van der Waals surface area (Å²) in [4.78, 5) is 4.28. The molecule has 0 aliphatic heterocycles. The van der Waals surface area contributed by atoms with Gasteiger partial charge in [-0.15, -0.1) is 24.0 Å². The summed E-state index contributed by atoms with van der Waals surface area (Å²) in [6.45, 7) is 9.42. The molecule has 0 heterocycles. The van der Waals surface area contributed by atoms with Gasteiger partial charge in [-0.05, 0) is 50.7 Å². The highest BCUT2D eigenvalue weighted by molar-refractivity contribution is 14.0. The average Bonchev–Trinajstić information content (AvgIpc) is 3.28. The van der Waals surface area contributed by atoms with E-state index in [4.69, 9.17) is 4.74 Å². The van der Waals surface area contributed by atoms with Crippen LogP contribution in [0.1, 0.15) is 51.2 Å². The first-order chi connectivity index (χ1) is 11.0. The quantitative estimate of drug-likeness (QED) is 0.375. The van der Waals surface area contributed by atoms with Gasteiger partial charge in [0.25, 0.3) is 0 Å². The molecule has 24 heavy (non-hydrogen) atoms. The Hall–Kier alpha value is -0.980. The number of nitrogens with one attached hydrogen (secondary N) is 2. The van der Waals surface area contributed by atoms with Crippen LogP contribution in [0.2, 0.25) is 0 Å². The summed E-state index contributed by atoms with van der Waals surface area (Å²) in [7, 11) is 1.81. The third-order valence-corrected chi connectivity index (χ3v) is 3.94. The lowest BCUT2D eigenvalue weighted by Crippen LogP contribution is -2.38. The topological polar surface area (TPSA) is 45.7 Å². The fraction of sp³-hybridized carbons (Fsp3) is 0.632. The van der Waals surface area contributed by atoms with Gasteiger partial charge in [-0.1, -0.05) is 26.0 Å². The van der Waals surface area contributed by atoms with Gasteiger partial charge >= 0.3 is 0 Å². The molecule has 2 N–H and O–H groups in total. The SMILES string of the molecule is CN=C(NCc1ccc(C)cc1OC(C)CC(C)C)NC1CC1.I. The Labute approximate surface area is 163 Å². The normalized spacial score (nSPS) is 15.7. The molecule has 0 amide bonds. The zero-order valence-corrected chi connectivity index (χ0v) is 17.9. The Balaban J connectivity index is 0.00000288. The van der Waals surface area contributed by atoms with Crippen molar-refractivity contribution in [3.63, 3.8) is 0 Å². The van der Waals surface area contributed by atoms with Crippen molar-refractivity contribution in [2.45, 2.75) is 65.6 Å². The second-order valence-electron chi connectivity index (χ2n) is 7.01. The Bertz CT molecular complexity index is 541. The molecule has 0 spiro atoms. The summed E-state index contributed by atoms with van der Waals surface area (Å²) in [5.74, 6) is 2.49. The number of guanidine groups is 1. The zero-order chi connectivity index (χ0) is 16.8. The van der Waals surface area contributed by atoms with Crippen LogP contribution in [-0.4, -0.2) is 25.2 Å². The largest absolute Gasteiger partial charge is 0.490 e. The van der Waals surface area contributed by atoms with Crippen LogP contribution < -0.4 is 15.4 Å². The van der Waals surface area contributed by atoms with Gasteiger partial charge in [-0.2, -0.15) is 0 Å². The van der Waals surface area contributed by atoms with Crippen molar-refractivity contribution >= 4 is 29.9 Å². The van der Waals surface area contributed by atoms with Crippen LogP contribution in [0.5, 0.6) is 5.75 Å². The Morgan fingerprint density at radius 1 is 1.29 bits per heavy atom. The molecule has 1 aliphatic rings. The van der Waals surface area contributed by atoms with E-state index in [1.54, 1.807) is 0 Å². The Kier molecular flexibility index (Phi) is 8.87. The van der Waals surface area contributed by atoms with Crippen molar-refractivity contribution in [1.82, 2.24) is 10.6 Å². The van der Waals surface area contributed by atoms with E-state index in [-0.39, 0.29) is 30.1 Å². The lowest BCUT2D eigenvalue weighted by Gasteiger charge is -2.20. The number of ether oxygens (including phenoxy) is 1. The first-order valence-corrected chi connectivity index (χ1v) is 8.71. The van der Waals surface area contributed by atoms with Gasteiger partial charge in [0.15, 0.2) is 5.96 Å². The molecule has 1 atom stereocenters. The van der Waals surface area contributed by atoms with Gasteiger partial charge < -0.3 is 15.4 Å². The fourth-order valence-electron chi connectivity index (χ4n) is 2.64. The molecule has 1 saturated carbocycles. The highest BCUT2D eigenvalue weighted by atomic mass is 127. The van der Waals surface area contributed by atoms with Gasteiger partial charge in [-0.3, -0.25) is 4.99 Å². The van der Waals surface area contributed by atoms with Crippen molar-refractivity contribution in [3.05, 3.63) is 29.3 Å². The minimum absolute atomic E-state index is 0. The van der Waals surface area contributed by atoms with Crippen molar-refractivity contribution < 1.29 is 4.74 Å². The number of aryl methyl sites for hydroxylation is 1. The van der Waals surface area contributed by atoms with Gasteiger partial charge in [-0.25, -0.2) is 0 Å². The maximum Gasteiger partial charge on any atom is 0.191 e. The number of halogens is 1. The minimum atomic E-state index is 0. The van der Waals surface area contributed by atoms with E-state index in [1.807, 2.05) is 7.05 Å². The Morgan fingerprint density at radius 2 is 2.00 bits per heavy atom. The van der Waals surface area contributed by atoms with E-state index in [1.165, 1.54) is 24.0 Å². The van der Waals surface area contributed by atoms with Crippen molar-refractivity contribution in [1.29, 1.82) is 0 Å². The maximum atomic E-state index is 6.20. The van der Waals surface area contributed by atoms with Crippen LogP contribution in [0, 0.1) is 12.8 Å². The van der Waals surface area contributed by atoms with E-state index < -0.39 is 0 Å². The molecule has 5 heteroatoms. The first kappa shape index (κ1) is 21.1. The number of aliphatic imine (C=N–C) groups is 1. The van der Waals surface area contributed by atoms with Gasteiger partial charge in [0.05, 0.1) is 6.10 Å². The number of benzene rings is 1.